The molecule has 2 rings (SSSR count). The molecule has 2 aromatic rings. The summed E-state index contributed by atoms with van der Waals surface area (Å²) in [5.41, 5.74) is 4.72. The van der Waals surface area contributed by atoms with E-state index in [4.69, 9.17) is 40.5 Å². The standard InChI is InChI=1S/C18H16Cl3F3N4O5S/c19-9-3-1-4-11(13(9)21)27-17(30)28-12-6-5-10(20)15(34(31,32)26-8-2-7-25)14(12)33-16(29)18(22,23)24/h1,3-6,26H,2,7-8,25H2,(H2,27,28,30). The van der Waals surface area contributed by atoms with Gasteiger partial charge in [-0.15, -0.1) is 0 Å². The van der Waals surface area contributed by atoms with Gasteiger partial charge in [0.2, 0.25) is 10.0 Å². The van der Waals surface area contributed by atoms with E-state index >= 15 is 0 Å². The number of carbonyl (C=O) groups excluding carboxylic acids is 2. The fourth-order valence-electron chi connectivity index (χ4n) is 2.40. The lowest BCUT2D eigenvalue weighted by Gasteiger charge is -2.18. The average Bonchev–Trinajstić information content (AvgIpc) is 2.72. The van der Waals surface area contributed by atoms with Crippen LogP contribution in [0.2, 0.25) is 15.1 Å². The van der Waals surface area contributed by atoms with Gasteiger partial charge >= 0.3 is 18.2 Å². The minimum Gasteiger partial charge on any atom is -0.416 e. The Morgan fingerprint density at radius 3 is 2.26 bits per heavy atom. The number of urea groups is 1. The molecule has 0 radical (unpaired) electrons. The monoisotopic (exact) mass is 562 g/mol. The van der Waals surface area contributed by atoms with Crippen LogP contribution in [0.25, 0.3) is 0 Å². The zero-order valence-corrected chi connectivity index (χ0v) is 19.9. The van der Waals surface area contributed by atoms with Gasteiger partial charge in [-0.3, -0.25) is 0 Å². The molecule has 5 N–H and O–H groups in total. The van der Waals surface area contributed by atoms with E-state index in [1.54, 1.807) is 0 Å². The molecule has 34 heavy (non-hydrogen) atoms. The number of carbonyl (C=O) groups is 2. The number of halogens is 6. The number of rotatable bonds is 8. The van der Waals surface area contributed by atoms with Crippen LogP contribution >= 0.6 is 34.8 Å². The van der Waals surface area contributed by atoms with Crippen LogP contribution in [-0.4, -0.2) is 39.7 Å². The highest BCUT2D eigenvalue weighted by atomic mass is 35.5. The molecule has 186 valence electrons. The number of hydrogen-bond donors (Lipinski definition) is 4. The topological polar surface area (TPSA) is 140 Å². The number of benzene rings is 2. The van der Waals surface area contributed by atoms with Gasteiger partial charge in [0.05, 0.1) is 26.4 Å². The summed E-state index contributed by atoms with van der Waals surface area (Å²) in [5.74, 6) is -3.89. The van der Waals surface area contributed by atoms with Crippen molar-refractivity contribution < 1.29 is 35.9 Å². The zero-order chi connectivity index (χ0) is 25.7. The Kier molecular flexibility index (Phi) is 9.39. The predicted octanol–water partition coefficient (Wildman–Crippen LogP) is 4.39. The molecule has 0 saturated carbocycles. The van der Waals surface area contributed by atoms with Gasteiger partial charge in [0.1, 0.15) is 4.90 Å². The second-order valence-electron chi connectivity index (χ2n) is 6.36. The number of hydrogen-bond acceptors (Lipinski definition) is 6. The van der Waals surface area contributed by atoms with Crippen LogP contribution in [0, 0.1) is 0 Å². The van der Waals surface area contributed by atoms with E-state index < -0.39 is 49.6 Å². The first-order valence-corrected chi connectivity index (χ1v) is 11.7. The maximum atomic E-state index is 12.9. The Morgan fingerprint density at radius 2 is 1.65 bits per heavy atom. The molecule has 0 saturated heterocycles. The van der Waals surface area contributed by atoms with Gasteiger partial charge in [-0.2, -0.15) is 13.2 Å². The first-order chi connectivity index (χ1) is 15.8. The summed E-state index contributed by atoms with van der Waals surface area (Å²) < 4.78 is 70.4. The van der Waals surface area contributed by atoms with Gasteiger partial charge in [-0.25, -0.2) is 22.7 Å². The van der Waals surface area contributed by atoms with E-state index in [2.05, 4.69) is 20.1 Å². The number of alkyl halides is 3. The molecule has 0 fully saturated rings. The fraction of sp³-hybridized carbons (Fsp3) is 0.222. The molecular formula is C18H16Cl3F3N4O5S. The summed E-state index contributed by atoms with van der Waals surface area (Å²) >= 11 is 17.8. The highest BCUT2D eigenvalue weighted by molar-refractivity contribution is 7.89. The summed E-state index contributed by atoms with van der Waals surface area (Å²) in [6.45, 7) is -0.0762. The van der Waals surface area contributed by atoms with Crippen LogP contribution in [0.15, 0.2) is 35.2 Å². The summed E-state index contributed by atoms with van der Waals surface area (Å²) in [6.07, 6.45) is -5.29. The van der Waals surface area contributed by atoms with Gasteiger partial charge in [0.25, 0.3) is 0 Å². The fourth-order valence-corrected chi connectivity index (χ4v) is 4.48. The van der Waals surface area contributed by atoms with Gasteiger partial charge in [-0.05, 0) is 37.2 Å². The summed E-state index contributed by atoms with van der Waals surface area (Å²) in [4.78, 5) is 23.0. The zero-order valence-electron chi connectivity index (χ0n) is 16.8. The highest BCUT2D eigenvalue weighted by Gasteiger charge is 2.43. The smallest absolute Gasteiger partial charge is 0.416 e. The van der Waals surface area contributed by atoms with Crippen molar-refractivity contribution in [3.63, 3.8) is 0 Å². The second-order valence-corrected chi connectivity index (χ2v) is 9.26. The number of amides is 2. The molecule has 0 unspecified atom stereocenters. The molecular weight excluding hydrogens is 548 g/mol. The quantitative estimate of drug-likeness (QED) is 0.213. The number of nitrogens with one attached hydrogen (secondary N) is 3. The van der Waals surface area contributed by atoms with Gasteiger partial charge in [0, 0.05) is 6.54 Å². The van der Waals surface area contributed by atoms with Crippen molar-refractivity contribution in [2.75, 3.05) is 23.7 Å². The van der Waals surface area contributed by atoms with Crippen molar-refractivity contribution in [1.29, 1.82) is 0 Å². The maximum absolute atomic E-state index is 12.9. The molecule has 0 spiro atoms. The largest absolute Gasteiger partial charge is 0.491 e. The SMILES string of the molecule is NCCCNS(=O)(=O)c1c(Cl)ccc(NC(=O)Nc2cccc(Cl)c2Cl)c1OC(=O)C(F)(F)F. The van der Waals surface area contributed by atoms with Crippen molar-refractivity contribution in [1.82, 2.24) is 4.72 Å². The van der Waals surface area contributed by atoms with E-state index in [1.807, 2.05) is 0 Å². The molecule has 2 aromatic carbocycles. The van der Waals surface area contributed by atoms with Crippen LogP contribution < -0.4 is 25.8 Å². The van der Waals surface area contributed by atoms with E-state index in [9.17, 15) is 31.2 Å². The van der Waals surface area contributed by atoms with Gasteiger partial charge < -0.3 is 21.1 Å². The molecule has 0 atom stereocenters. The van der Waals surface area contributed by atoms with Crippen molar-refractivity contribution >= 4 is 68.2 Å². The number of nitrogens with two attached hydrogens (primary N) is 1. The number of esters is 1. The van der Waals surface area contributed by atoms with Crippen LogP contribution in [0.1, 0.15) is 6.42 Å². The van der Waals surface area contributed by atoms with Crippen LogP contribution in [0.5, 0.6) is 5.75 Å². The average molecular weight is 564 g/mol. The molecule has 0 aromatic heterocycles. The number of ether oxygens (including phenoxy) is 1. The molecule has 0 aliphatic carbocycles. The highest BCUT2D eigenvalue weighted by Crippen LogP contribution is 2.39. The van der Waals surface area contributed by atoms with E-state index in [0.29, 0.717) is 0 Å². The van der Waals surface area contributed by atoms with Crippen LogP contribution in [0.4, 0.5) is 29.3 Å². The molecule has 2 amide bonds. The molecule has 16 heteroatoms. The third-order valence-corrected chi connectivity index (χ3v) is 6.65. The second kappa shape index (κ2) is 11.4. The molecule has 0 aliphatic rings. The molecule has 9 nitrogen and oxygen atoms in total. The van der Waals surface area contributed by atoms with Crippen molar-refractivity contribution in [2.24, 2.45) is 5.73 Å². The van der Waals surface area contributed by atoms with E-state index in [0.717, 1.165) is 12.1 Å². The first-order valence-electron chi connectivity index (χ1n) is 9.11. The molecule has 0 bridgehead atoms. The lowest BCUT2D eigenvalue weighted by molar-refractivity contribution is -0.189. The first kappa shape index (κ1) is 28.0. The number of sulfonamides is 1. The van der Waals surface area contributed by atoms with Crippen LogP contribution in [0.3, 0.4) is 0 Å². The Bertz CT molecular complexity index is 1200. The Morgan fingerprint density at radius 1 is 1.00 bits per heavy atom. The third kappa shape index (κ3) is 7.10. The van der Waals surface area contributed by atoms with Gasteiger partial charge in [-0.1, -0.05) is 40.9 Å². The Balaban J connectivity index is 2.50. The maximum Gasteiger partial charge on any atom is 0.491 e. The molecule has 0 aliphatic heterocycles. The third-order valence-electron chi connectivity index (χ3n) is 3.88. The summed E-state index contributed by atoms with van der Waals surface area (Å²) in [7, 11) is -4.61. The van der Waals surface area contributed by atoms with Crippen molar-refractivity contribution in [2.45, 2.75) is 17.5 Å². The minimum absolute atomic E-state index is 0.0331. The van der Waals surface area contributed by atoms with E-state index in [1.165, 1.54) is 18.2 Å². The van der Waals surface area contributed by atoms with E-state index in [-0.39, 0.29) is 35.2 Å². The van der Waals surface area contributed by atoms with Crippen LogP contribution in [-0.2, 0) is 14.8 Å². The number of anilines is 2. The van der Waals surface area contributed by atoms with Gasteiger partial charge in [0.15, 0.2) is 5.75 Å². The predicted molar refractivity (Wildman–Crippen MR) is 121 cm³/mol. The Hall–Kier alpha value is -2.29. The van der Waals surface area contributed by atoms with Crippen molar-refractivity contribution in [3.05, 3.63) is 45.4 Å². The minimum atomic E-state index is -5.48. The lowest BCUT2D eigenvalue weighted by atomic mass is 10.3. The lowest BCUT2D eigenvalue weighted by Crippen LogP contribution is -2.31. The molecule has 0 heterocycles. The Labute approximate surface area is 206 Å². The van der Waals surface area contributed by atoms with Crippen molar-refractivity contribution in [3.8, 4) is 5.75 Å². The normalized spacial score (nSPS) is 11.7. The summed E-state index contributed by atoms with van der Waals surface area (Å²) in [6, 6.07) is 5.12. The summed E-state index contributed by atoms with van der Waals surface area (Å²) in [5, 5.41) is 3.88.